The molecule has 2 aromatic rings. The van der Waals surface area contributed by atoms with Gasteiger partial charge < -0.3 is 9.84 Å². The Morgan fingerprint density at radius 3 is 2.40 bits per heavy atom. The van der Waals surface area contributed by atoms with Crippen LogP contribution in [0.5, 0.6) is 11.5 Å². The van der Waals surface area contributed by atoms with Gasteiger partial charge in [0, 0.05) is 5.56 Å². The van der Waals surface area contributed by atoms with Crippen molar-refractivity contribution in [2.45, 2.75) is 19.4 Å². The van der Waals surface area contributed by atoms with Crippen LogP contribution in [-0.2, 0) is 0 Å². The minimum absolute atomic E-state index is 0.304. The first-order valence-corrected chi connectivity index (χ1v) is 6.21. The molecule has 0 aromatic heterocycles. The summed E-state index contributed by atoms with van der Waals surface area (Å²) in [6, 6.07) is 13.0. The Morgan fingerprint density at radius 2 is 1.75 bits per heavy atom. The first kappa shape index (κ1) is 14.1. The Balaban J connectivity index is 2.17. The second kappa shape index (κ2) is 5.77. The largest absolute Gasteiger partial charge is 0.457 e. The molecule has 0 unspecified atom stereocenters. The molecule has 3 heteroatoms. The SMILES string of the molecule is CC(C)(O)C#Cc1cccc(Oc2ccc(F)cc2)c1. The Labute approximate surface area is 117 Å². The van der Waals surface area contributed by atoms with E-state index >= 15 is 0 Å². The van der Waals surface area contributed by atoms with E-state index in [1.54, 1.807) is 38.1 Å². The minimum atomic E-state index is -1.03. The van der Waals surface area contributed by atoms with Gasteiger partial charge in [-0.1, -0.05) is 17.9 Å². The Morgan fingerprint density at radius 1 is 1.05 bits per heavy atom. The Bertz CT molecular complexity index is 643. The van der Waals surface area contributed by atoms with E-state index in [4.69, 9.17) is 4.74 Å². The van der Waals surface area contributed by atoms with Crippen LogP contribution in [-0.4, -0.2) is 10.7 Å². The fourth-order valence-electron chi connectivity index (χ4n) is 1.50. The summed E-state index contributed by atoms with van der Waals surface area (Å²) in [5.41, 5.74) is -0.292. The lowest BCUT2D eigenvalue weighted by molar-refractivity contribution is 0.143. The topological polar surface area (TPSA) is 29.5 Å². The summed E-state index contributed by atoms with van der Waals surface area (Å²) in [7, 11) is 0. The van der Waals surface area contributed by atoms with Crippen LogP contribution >= 0.6 is 0 Å². The standard InChI is InChI=1S/C17H15FO2/c1-17(2,19)11-10-13-4-3-5-16(12-13)20-15-8-6-14(18)7-9-15/h3-9,12,19H,1-2H3. The van der Waals surface area contributed by atoms with Crippen LogP contribution in [0.4, 0.5) is 4.39 Å². The van der Waals surface area contributed by atoms with Crippen molar-refractivity contribution >= 4 is 0 Å². The fourth-order valence-corrected chi connectivity index (χ4v) is 1.50. The maximum Gasteiger partial charge on any atom is 0.128 e. The third-order valence-corrected chi connectivity index (χ3v) is 2.40. The van der Waals surface area contributed by atoms with Gasteiger partial charge in [-0.05, 0) is 56.3 Å². The molecule has 0 fully saturated rings. The molecule has 0 amide bonds. The highest BCUT2D eigenvalue weighted by Crippen LogP contribution is 2.22. The molecule has 0 heterocycles. The smallest absolute Gasteiger partial charge is 0.128 e. The van der Waals surface area contributed by atoms with Gasteiger partial charge in [0.1, 0.15) is 22.9 Å². The van der Waals surface area contributed by atoms with E-state index in [1.807, 2.05) is 12.1 Å². The van der Waals surface area contributed by atoms with Gasteiger partial charge in [-0.15, -0.1) is 0 Å². The van der Waals surface area contributed by atoms with Gasteiger partial charge in [-0.2, -0.15) is 0 Å². The second-order valence-electron chi connectivity index (χ2n) is 4.89. The Kier molecular flexibility index (Phi) is 4.07. The van der Waals surface area contributed by atoms with Crippen molar-refractivity contribution in [3.05, 3.63) is 59.9 Å². The number of rotatable bonds is 2. The van der Waals surface area contributed by atoms with E-state index in [2.05, 4.69) is 11.8 Å². The zero-order valence-corrected chi connectivity index (χ0v) is 11.4. The van der Waals surface area contributed by atoms with E-state index in [0.717, 1.165) is 5.56 Å². The third-order valence-electron chi connectivity index (χ3n) is 2.40. The van der Waals surface area contributed by atoms with Gasteiger partial charge in [0.05, 0.1) is 0 Å². The maximum absolute atomic E-state index is 12.8. The van der Waals surface area contributed by atoms with Gasteiger partial charge >= 0.3 is 0 Å². The first-order valence-electron chi connectivity index (χ1n) is 6.21. The molecular weight excluding hydrogens is 255 g/mol. The van der Waals surface area contributed by atoms with Crippen LogP contribution < -0.4 is 4.74 Å². The molecule has 0 bridgehead atoms. The van der Waals surface area contributed by atoms with Gasteiger partial charge in [0.15, 0.2) is 0 Å². The molecule has 2 rings (SSSR count). The van der Waals surface area contributed by atoms with Crippen molar-refractivity contribution in [2.24, 2.45) is 0 Å². The highest BCUT2D eigenvalue weighted by Gasteiger charge is 2.06. The molecule has 2 aromatic carbocycles. The predicted molar refractivity (Wildman–Crippen MR) is 76.1 cm³/mol. The summed E-state index contributed by atoms with van der Waals surface area (Å²) in [6.07, 6.45) is 0. The predicted octanol–water partition coefficient (Wildman–Crippen LogP) is 3.74. The lowest BCUT2D eigenvalue weighted by atomic mass is 10.1. The van der Waals surface area contributed by atoms with E-state index in [0.29, 0.717) is 11.5 Å². The van der Waals surface area contributed by atoms with Crippen LogP contribution in [0.1, 0.15) is 19.4 Å². The number of halogens is 1. The van der Waals surface area contributed by atoms with Crippen molar-refractivity contribution in [3.8, 4) is 23.3 Å². The van der Waals surface area contributed by atoms with Crippen molar-refractivity contribution < 1.29 is 14.2 Å². The average molecular weight is 270 g/mol. The van der Waals surface area contributed by atoms with Gasteiger partial charge in [0.2, 0.25) is 0 Å². The van der Waals surface area contributed by atoms with Crippen LogP contribution in [0.3, 0.4) is 0 Å². The molecular formula is C17H15FO2. The zero-order valence-electron chi connectivity index (χ0n) is 11.4. The van der Waals surface area contributed by atoms with Crippen molar-refractivity contribution in [1.82, 2.24) is 0 Å². The summed E-state index contributed by atoms with van der Waals surface area (Å²) in [6.45, 7) is 3.25. The maximum atomic E-state index is 12.8. The summed E-state index contributed by atoms with van der Waals surface area (Å²) in [5, 5.41) is 9.57. The van der Waals surface area contributed by atoms with Crippen LogP contribution in [0.15, 0.2) is 48.5 Å². The first-order chi connectivity index (χ1) is 9.42. The number of ether oxygens (including phenoxy) is 1. The van der Waals surface area contributed by atoms with Gasteiger partial charge in [-0.3, -0.25) is 0 Å². The number of benzene rings is 2. The van der Waals surface area contributed by atoms with E-state index in [-0.39, 0.29) is 5.82 Å². The minimum Gasteiger partial charge on any atom is -0.457 e. The molecule has 0 spiro atoms. The molecule has 0 aliphatic carbocycles. The van der Waals surface area contributed by atoms with Crippen molar-refractivity contribution in [3.63, 3.8) is 0 Å². The normalized spacial score (nSPS) is 10.6. The number of hydrogen-bond acceptors (Lipinski definition) is 2. The lowest BCUT2D eigenvalue weighted by Gasteiger charge is -2.07. The number of aliphatic hydroxyl groups is 1. The summed E-state index contributed by atoms with van der Waals surface area (Å²) in [5.74, 6) is 6.48. The molecule has 0 aliphatic heterocycles. The molecule has 0 saturated carbocycles. The molecule has 1 N–H and O–H groups in total. The quantitative estimate of drug-likeness (QED) is 0.842. The molecule has 0 radical (unpaired) electrons. The van der Waals surface area contributed by atoms with Gasteiger partial charge in [0.25, 0.3) is 0 Å². The monoisotopic (exact) mass is 270 g/mol. The zero-order chi connectivity index (χ0) is 14.6. The highest BCUT2D eigenvalue weighted by molar-refractivity contribution is 5.42. The lowest BCUT2D eigenvalue weighted by Crippen LogP contribution is -2.14. The van der Waals surface area contributed by atoms with E-state index < -0.39 is 5.60 Å². The number of hydrogen-bond donors (Lipinski definition) is 1. The summed E-state index contributed by atoms with van der Waals surface area (Å²) in [4.78, 5) is 0. The Hall–Kier alpha value is -2.31. The molecule has 20 heavy (non-hydrogen) atoms. The fraction of sp³-hybridized carbons (Fsp3) is 0.176. The van der Waals surface area contributed by atoms with Crippen LogP contribution in [0.2, 0.25) is 0 Å². The molecule has 0 saturated heterocycles. The van der Waals surface area contributed by atoms with Crippen LogP contribution in [0, 0.1) is 17.7 Å². The second-order valence-corrected chi connectivity index (χ2v) is 4.89. The van der Waals surface area contributed by atoms with E-state index in [1.165, 1.54) is 12.1 Å². The molecule has 0 aliphatic rings. The summed E-state index contributed by atoms with van der Waals surface area (Å²) < 4.78 is 18.4. The van der Waals surface area contributed by atoms with Crippen LogP contribution in [0.25, 0.3) is 0 Å². The highest BCUT2D eigenvalue weighted by atomic mass is 19.1. The summed E-state index contributed by atoms with van der Waals surface area (Å²) >= 11 is 0. The van der Waals surface area contributed by atoms with Crippen molar-refractivity contribution in [2.75, 3.05) is 0 Å². The molecule has 102 valence electrons. The average Bonchev–Trinajstić information content (AvgIpc) is 2.39. The third kappa shape index (κ3) is 4.42. The molecule has 0 atom stereocenters. The molecule has 2 nitrogen and oxygen atoms in total. The van der Waals surface area contributed by atoms with Gasteiger partial charge in [-0.25, -0.2) is 4.39 Å². The van der Waals surface area contributed by atoms with Crippen molar-refractivity contribution in [1.29, 1.82) is 0 Å². The van der Waals surface area contributed by atoms with E-state index in [9.17, 15) is 9.50 Å².